The van der Waals surface area contributed by atoms with E-state index in [1.54, 1.807) is 23.5 Å². The van der Waals surface area contributed by atoms with Crippen molar-refractivity contribution in [1.82, 2.24) is 9.97 Å². The van der Waals surface area contributed by atoms with Gasteiger partial charge in [0.25, 0.3) is 0 Å². The topological polar surface area (TPSA) is 77.8 Å². The van der Waals surface area contributed by atoms with Crippen molar-refractivity contribution in [1.29, 1.82) is 0 Å². The highest BCUT2D eigenvalue weighted by atomic mass is 32.2. The minimum Gasteiger partial charge on any atom is -0.398 e. The third kappa shape index (κ3) is 4.24. The van der Waals surface area contributed by atoms with Crippen molar-refractivity contribution >= 4 is 45.9 Å². The molecule has 0 atom stereocenters. The fraction of sp³-hybridized carbons (Fsp3) is 0.0909. The standard InChI is InChI=1S/C22H20N4S2/c23-15-7-1-5-11-21(15)27-13-19-20(14-28-22-12-6-2-8-16(22)24)26-18-10-4-3-9-17(18)25-19/h1-12H,13-14,23-24H2. The number of nitrogens with two attached hydrogens (primary N) is 2. The van der Waals surface area contributed by atoms with E-state index in [0.717, 1.165) is 43.6 Å². The fourth-order valence-electron chi connectivity index (χ4n) is 2.82. The van der Waals surface area contributed by atoms with Crippen LogP contribution in [-0.2, 0) is 11.5 Å². The second-order valence-electron chi connectivity index (χ2n) is 6.26. The summed E-state index contributed by atoms with van der Waals surface area (Å²) in [5.41, 5.74) is 17.5. The summed E-state index contributed by atoms with van der Waals surface area (Å²) < 4.78 is 0. The molecule has 6 heteroatoms. The summed E-state index contributed by atoms with van der Waals surface area (Å²) >= 11 is 3.37. The van der Waals surface area contributed by atoms with Crippen molar-refractivity contribution in [3.63, 3.8) is 0 Å². The zero-order valence-corrected chi connectivity index (χ0v) is 16.8. The molecular formula is C22H20N4S2. The van der Waals surface area contributed by atoms with Gasteiger partial charge in [-0.1, -0.05) is 36.4 Å². The van der Waals surface area contributed by atoms with Gasteiger partial charge in [0.05, 0.1) is 22.4 Å². The Morgan fingerprint density at radius 3 is 1.39 bits per heavy atom. The van der Waals surface area contributed by atoms with Crippen molar-refractivity contribution in [2.75, 3.05) is 11.5 Å². The number of nitrogens with zero attached hydrogens (tertiary/aromatic N) is 2. The van der Waals surface area contributed by atoms with Crippen molar-refractivity contribution < 1.29 is 0 Å². The van der Waals surface area contributed by atoms with Crippen molar-refractivity contribution in [2.45, 2.75) is 21.3 Å². The number of hydrogen-bond acceptors (Lipinski definition) is 6. The maximum absolute atomic E-state index is 6.09. The first-order valence-electron chi connectivity index (χ1n) is 8.90. The normalized spacial score (nSPS) is 11.0. The Bertz CT molecular complexity index is 1030. The Balaban J connectivity index is 1.62. The summed E-state index contributed by atoms with van der Waals surface area (Å²) in [7, 11) is 0. The van der Waals surface area contributed by atoms with Crippen LogP contribution in [0.4, 0.5) is 11.4 Å². The maximum Gasteiger partial charge on any atom is 0.0890 e. The highest BCUT2D eigenvalue weighted by molar-refractivity contribution is 7.99. The Labute approximate surface area is 172 Å². The number of thioether (sulfide) groups is 2. The van der Waals surface area contributed by atoms with Gasteiger partial charge in [-0.05, 0) is 36.4 Å². The molecule has 0 aliphatic carbocycles. The third-order valence-electron chi connectivity index (χ3n) is 4.29. The van der Waals surface area contributed by atoms with E-state index in [1.807, 2.05) is 72.8 Å². The van der Waals surface area contributed by atoms with Crippen LogP contribution in [0.1, 0.15) is 11.4 Å². The van der Waals surface area contributed by atoms with Crippen LogP contribution in [0.5, 0.6) is 0 Å². The molecule has 0 spiro atoms. The Kier molecular flexibility index (Phi) is 5.69. The van der Waals surface area contributed by atoms with E-state index in [9.17, 15) is 0 Å². The van der Waals surface area contributed by atoms with E-state index in [-0.39, 0.29) is 0 Å². The number of hydrogen-bond donors (Lipinski definition) is 2. The Hall–Kier alpha value is -2.70. The predicted octanol–water partition coefficient (Wildman–Crippen LogP) is 5.38. The van der Waals surface area contributed by atoms with E-state index in [0.29, 0.717) is 11.5 Å². The quantitative estimate of drug-likeness (QED) is 0.332. The number of para-hydroxylation sites is 4. The molecule has 0 aliphatic rings. The largest absolute Gasteiger partial charge is 0.398 e. The molecule has 0 unspecified atom stereocenters. The molecule has 1 heterocycles. The van der Waals surface area contributed by atoms with Gasteiger partial charge in [-0.15, -0.1) is 23.5 Å². The second kappa shape index (κ2) is 8.54. The molecule has 0 saturated carbocycles. The highest BCUT2D eigenvalue weighted by Crippen LogP contribution is 2.32. The van der Waals surface area contributed by atoms with Gasteiger partial charge in [0, 0.05) is 32.7 Å². The summed E-state index contributed by atoms with van der Waals surface area (Å²) in [6, 6.07) is 23.8. The summed E-state index contributed by atoms with van der Waals surface area (Å²) in [4.78, 5) is 11.9. The van der Waals surface area contributed by atoms with Gasteiger partial charge >= 0.3 is 0 Å². The van der Waals surface area contributed by atoms with Crippen molar-refractivity contribution in [3.8, 4) is 0 Å². The summed E-state index contributed by atoms with van der Waals surface area (Å²) in [5.74, 6) is 1.43. The summed E-state index contributed by atoms with van der Waals surface area (Å²) in [6.45, 7) is 0. The predicted molar refractivity (Wildman–Crippen MR) is 120 cm³/mol. The zero-order chi connectivity index (χ0) is 19.3. The number of fused-ring (bicyclic) bond motifs is 1. The molecule has 140 valence electrons. The van der Waals surface area contributed by atoms with Crippen LogP contribution >= 0.6 is 23.5 Å². The molecule has 0 radical (unpaired) electrons. The SMILES string of the molecule is Nc1ccccc1SCc1nc2ccccc2nc1CSc1ccccc1N. The Morgan fingerprint density at radius 2 is 0.964 bits per heavy atom. The average Bonchev–Trinajstić information content (AvgIpc) is 2.72. The molecule has 4 aromatic rings. The summed E-state index contributed by atoms with van der Waals surface area (Å²) in [6.07, 6.45) is 0. The summed E-state index contributed by atoms with van der Waals surface area (Å²) in [5, 5.41) is 0. The molecule has 1 aromatic heterocycles. The zero-order valence-electron chi connectivity index (χ0n) is 15.2. The molecule has 4 nitrogen and oxygen atoms in total. The van der Waals surface area contributed by atoms with Gasteiger partial charge in [0.2, 0.25) is 0 Å². The molecule has 0 aliphatic heterocycles. The van der Waals surface area contributed by atoms with E-state index >= 15 is 0 Å². The first-order chi connectivity index (χ1) is 13.7. The molecule has 4 rings (SSSR count). The molecule has 0 fully saturated rings. The second-order valence-corrected chi connectivity index (χ2v) is 8.29. The van der Waals surface area contributed by atoms with Crippen LogP contribution in [0.15, 0.2) is 82.6 Å². The number of anilines is 2. The lowest BCUT2D eigenvalue weighted by atomic mass is 10.2. The first-order valence-corrected chi connectivity index (χ1v) is 10.9. The number of benzene rings is 3. The first kappa shape index (κ1) is 18.7. The van der Waals surface area contributed by atoms with Crippen LogP contribution in [0.2, 0.25) is 0 Å². The molecule has 3 aromatic carbocycles. The number of rotatable bonds is 6. The monoisotopic (exact) mass is 404 g/mol. The lowest BCUT2D eigenvalue weighted by Crippen LogP contribution is -2.01. The van der Waals surface area contributed by atoms with E-state index in [4.69, 9.17) is 21.4 Å². The average molecular weight is 405 g/mol. The van der Waals surface area contributed by atoms with E-state index in [2.05, 4.69) is 0 Å². The number of aromatic nitrogens is 2. The van der Waals surface area contributed by atoms with E-state index < -0.39 is 0 Å². The van der Waals surface area contributed by atoms with Crippen LogP contribution < -0.4 is 11.5 Å². The van der Waals surface area contributed by atoms with Crippen LogP contribution in [0.25, 0.3) is 11.0 Å². The molecule has 28 heavy (non-hydrogen) atoms. The minimum absolute atomic E-state index is 0.714. The van der Waals surface area contributed by atoms with Gasteiger partial charge in [0.15, 0.2) is 0 Å². The van der Waals surface area contributed by atoms with Crippen LogP contribution in [0.3, 0.4) is 0 Å². The van der Waals surface area contributed by atoms with Gasteiger partial charge in [0.1, 0.15) is 0 Å². The Morgan fingerprint density at radius 1 is 0.571 bits per heavy atom. The fourth-order valence-corrected chi connectivity index (χ4v) is 4.69. The molecule has 0 amide bonds. The molecule has 0 bridgehead atoms. The van der Waals surface area contributed by atoms with Gasteiger partial charge in [-0.3, -0.25) is 0 Å². The van der Waals surface area contributed by atoms with Crippen molar-refractivity contribution in [2.24, 2.45) is 0 Å². The molecular weight excluding hydrogens is 384 g/mol. The lowest BCUT2D eigenvalue weighted by molar-refractivity contribution is 1.07. The molecule has 4 N–H and O–H groups in total. The van der Waals surface area contributed by atoms with Crippen LogP contribution in [0, 0.1) is 0 Å². The van der Waals surface area contributed by atoms with Gasteiger partial charge < -0.3 is 11.5 Å². The van der Waals surface area contributed by atoms with Crippen molar-refractivity contribution in [3.05, 3.63) is 84.2 Å². The van der Waals surface area contributed by atoms with Gasteiger partial charge in [-0.25, -0.2) is 9.97 Å². The van der Waals surface area contributed by atoms with Gasteiger partial charge in [-0.2, -0.15) is 0 Å². The third-order valence-corrected chi connectivity index (χ3v) is 6.49. The maximum atomic E-state index is 6.09. The van der Waals surface area contributed by atoms with Crippen LogP contribution in [-0.4, -0.2) is 9.97 Å². The van der Waals surface area contributed by atoms with E-state index in [1.165, 1.54) is 0 Å². The number of nitrogen functional groups attached to an aromatic ring is 2. The molecule has 0 saturated heterocycles. The highest BCUT2D eigenvalue weighted by Gasteiger charge is 2.12. The lowest BCUT2D eigenvalue weighted by Gasteiger charge is -2.11. The smallest absolute Gasteiger partial charge is 0.0890 e. The minimum atomic E-state index is 0.714.